The molecule has 2 aliphatic carbocycles. The molecule has 0 saturated heterocycles. The van der Waals surface area contributed by atoms with Gasteiger partial charge in [0, 0.05) is 11.5 Å². The van der Waals surface area contributed by atoms with Gasteiger partial charge < -0.3 is 0 Å². The molecule has 2 bridgehead atoms. The Balaban J connectivity index is 1.41. The third-order valence-corrected chi connectivity index (χ3v) is 10.9. The largest absolute Gasteiger partial charge is 0.103 e. The molecule has 2 unspecified atom stereocenters. The number of rotatable bonds is 4. The van der Waals surface area contributed by atoms with Crippen LogP contribution >= 0.6 is 0 Å². The minimum Gasteiger partial charge on any atom is -0.0622 e. The molecule has 1 heteroatoms. The van der Waals surface area contributed by atoms with Crippen LogP contribution in [0.3, 0.4) is 0 Å². The second-order valence-corrected chi connectivity index (χ2v) is 12.1. The molecule has 0 N–H and O–H groups in total. The third-order valence-electron chi connectivity index (χ3n) is 7.70. The monoisotopic (exact) mass is 437 g/mol. The quantitative estimate of drug-likeness (QED) is 0.300. The number of benzene rings is 4. The molecule has 0 amide bonds. The fourth-order valence-corrected chi connectivity index (χ4v) is 9.99. The van der Waals surface area contributed by atoms with Crippen LogP contribution < -0.4 is 5.19 Å². The summed E-state index contributed by atoms with van der Waals surface area (Å²) in [5.41, 5.74) is 14.0. The summed E-state index contributed by atoms with van der Waals surface area (Å²) in [5, 5.41) is 1.62. The van der Waals surface area contributed by atoms with Crippen LogP contribution in [0.1, 0.15) is 46.2 Å². The summed E-state index contributed by atoms with van der Waals surface area (Å²) in [6.45, 7) is 2.33. The maximum Gasteiger partial charge on any atom is 0.103 e. The minimum absolute atomic E-state index is 0.414. The van der Waals surface area contributed by atoms with Gasteiger partial charge in [0.2, 0.25) is 0 Å². The van der Waals surface area contributed by atoms with Crippen molar-refractivity contribution in [3.8, 4) is 11.1 Å². The van der Waals surface area contributed by atoms with Crippen LogP contribution in [0.15, 0.2) is 108 Å². The highest BCUT2D eigenvalue weighted by molar-refractivity contribution is 6.78. The Hall–Kier alpha value is -3.42. The molecule has 7 rings (SSSR count). The molecule has 3 aliphatic rings. The van der Waals surface area contributed by atoms with E-state index in [1.807, 2.05) is 0 Å². The maximum atomic E-state index is 2.55. The molecule has 0 nitrogen and oxygen atoms in total. The van der Waals surface area contributed by atoms with Gasteiger partial charge >= 0.3 is 0 Å². The van der Waals surface area contributed by atoms with Crippen LogP contribution in [-0.2, 0) is 6.04 Å². The van der Waals surface area contributed by atoms with E-state index in [1.165, 1.54) is 45.0 Å². The molecule has 4 aromatic carbocycles. The Morgan fingerprint density at radius 1 is 0.697 bits per heavy atom. The number of fused-ring (bicyclic) bond motifs is 2. The predicted molar refractivity (Wildman–Crippen MR) is 141 cm³/mol. The van der Waals surface area contributed by atoms with E-state index < -0.39 is 8.80 Å². The summed E-state index contributed by atoms with van der Waals surface area (Å²) in [4.78, 5) is 0. The lowest BCUT2D eigenvalue weighted by atomic mass is 9.86. The Labute approximate surface area is 197 Å². The van der Waals surface area contributed by atoms with Crippen molar-refractivity contribution in [2.45, 2.75) is 24.4 Å². The van der Waals surface area contributed by atoms with E-state index in [0.717, 1.165) is 0 Å². The highest BCUT2D eigenvalue weighted by atomic mass is 28.3. The third kappa shape index (κ3) is 2.82. The molecule has 1 heterocycles. The first-order valence-corrected chi connectivity index (χ1v) is 13.7. The van der Waals surface area contributed by atoms with Crippen LogP contribution in [0.5, 0.6) is 0 Å². The Bertz CT molecular complexity index is 1440. The molecule has 2 atom stereocenters. The number of allylic oxidation sites excluding steroid dienone is 2. The van der Waals surface area contributed by atoms with Gasteiger partial charge in [-0.15, -0.1) is 0 Å². The smallest absolute Gasteiger partial charge is 0.0622 e. The molecule has 1 aliphatic heterocycles. The van der Waals surface area contributed by atoms with Gasteiger partial charge in [0.1, 0.15) is 8.80 Å². The van der Waals surface area contributed by atoms with Gasteiger partial charge in [0.25, 0.3) is 0 Å². The van der Waals surface area contributed by atoms with E-state index in [4.69, 9.17) is 0 Å². The minimum atomic E-state index is -0.853. The Kier molecular flexibility index (Phi) is 4.22. The van der Waals surface area contributed by atoms with Crippen LogP contribution in [0, 0.1) is 0 Å². The zero-order valence-electron chi connectivity index (χ0n) is 18.8. The summed E-state index contributed by atoms with van der Waals surface area (Å²) in [6.07, 6.45) is 4.96. The number of hydrogen-bond acceptors (Lipinski definition) is 0. The van der Waals surface area contributed by atoms with E-state index >= 15 is 0 Å². The van der Waals surface area contributed by atoms with E-state index in [2.05, 4.69) is 116 Å². The standard InChI is InChI=1S/C32H25Si/c1-21-18-24-14-8-9-15-26(24)29(21)27-19-25-16-17-28-30(23-12-6-3-7-13-23)31(25)32(27)33(28)20-22-10-4-2-5-11-22/h2-19,29,32H,20H2,1H3. The molecule has 0 spiro atoms. The van der Waals surface area contributed by atoms with Gasteiger partial charge in [0.05, 0.1) is 0 Å². The van der Waals surface area contributed by atoms with Crippen molar-refractivity contribution in [1.82, 2.24) is 0 Å². The molecule has 1 radical (unpaired) electrons. The molecular weight excluding hydrogens is 412 g/mol. The Morgan fingerprint density at radius 2 is 1.42 bits per heavy atom. The highest BCUT2D eigenvalue weighted by Gasteiger charge is 2.46. The molecule has 0 fully saturated rings. The van der Waals surface area contributed by atoms with Crippen molar-refractivity contribution in [1.29, 1.82) is 0 Å². The van der Waals surface area contributed by atoms with Gasteiger partial charge in [-0.05, 0) is 46.3 Å². The number of hydrogen-bond donors (Lipinski definition) is 0. The van der Waals surface area contributed by atoms with Gasteiger partial charge in [-0.25, -0.2) is 0 Å². The highest BCUT2D eigenvalue weighted by Crippen LogP contribution is 2.55. The van der Waals surface area contributed by atoms with E-state index in [1.54, 1.807) is 16.3 Å². The van der Waals surface area contributed by atoms with Gasteiger partial charge in [0.15, 0.2) is 0 Å². The van der Waals surface area contributed by atoms with Gasteiger partial charge in [-0.3, -0.25) is 0 Å². The first kappa shape index (κ1) is 19.1. The molecular formula is C32H25Si. The van der Waals surface area contributed by atoms with E-state index in [0.29, 0.717) is 11.5 Å². The molecule has 0 saturated carbocycles. The van der Waals surface area contributed by atoms with Crippen molar-refractivity contribution in [2.24, 2.45) is 0 Å². The van der Waals surface area contributed by atoms with Crippen LogP contribution in [0.2, 0.25) is 0 Å². The molecule has 157 valence electrons. The van der Waals surface area contributed by atoms with Crippen LogP contribution in [0.25, 0.3) is 23.3 Å². The maximum absolute atomic E-state index is 2.55. The summed E-state index contributed by atoms with van der Waals surface area (Å²) in [7, 11) is -0.853. The lowest BCUT2D eigenvalue weighted by Crippen LogP contribution is -2.36. The molecule has 0 aromatic heterocycles. The van der Waals surface area contributed by atoms with Gasteiger partial charge in [-0.2, -0.15) is 0 Å². The second-order valence-electron chi connectivity index (χ2n) is 9.57. The fourth-order valence-electron chi connectivity index (χ4n) is 6.40. The zero-order valence-corrected chi connectivity index (χ0v) is 19.8. The first-order valence-electron chi connectivity index (χ1n) is 11.9. The van der Waals surface area contributed by atoms with E-state index in [9.17, 15) is 0 Å². The summed E-state index contributed by atoms with van der Waals surface area (Å²) in [6, 6.07) is 37.3. The summed E-state index contributed by atoms with van der Waals surface area (Å²) >= 11 is 0. The molecule has 33 heavy (non-hydrogen) atoms. The van der Waals surface area contributed by atoms with E-state index in [-0.39, 0.29) is 0 Å². The Morgan fingerprint density at radius 3 is 2.24 bits per heavy atom. The fraction of sp³-hybridized carbons (Fsp3) is 0.125. The first-order chi connectivity index (χ1) is 16.3. The summed E-state index contributed by atoms with van der Waals surface area (Å²) in [5.74, 6) is 0.414. The topological polar surface area (TPSA) is 0 Å². The van der Waals surface area contributed by atoms with Crippen molar-refractivity contribution < 1.29 is 0 Å². The average molecular weight is 438 g/mol. The van der Waals surface area contributed by atoms with Gasteiger partial charge in [-0.1, -0.05) is 131 Å². The van der Waals surface area contributed by atoms with Crippen molar-refractivity contribution >= 4 is 26.1 Å². The van der Waals surface area contributed by atoms with Crippen LogP contribution in [0.4, 0.5) is 0 Å². The SMILES string of the molecule is CC1=Cc2ccccc2C1C1=Cc2ccc3c(-c4ccccc4)c2C1[Si]3Cc1ccccc1. The van der Waals surface area contributed by atoms with Crippen molar-refractivity contribution in [3.05, 3.63) is 136 Å². The summed E-state index contributed by atoms with van der Waals surface area (Å²) < 4.78 is 0. The lowest BCUT2D eigenvalue weighted by molar-refractivity contribution is 0.893. The van der Waals surface area contributed by atoms with Crippen molar-refractivity contribution in [3.63, 3.8) is 0 Å². The lowest BCUT2D eigenvalue weighted by Gasteiger charge is -2.26. The van der Waals surface area contributed by atoms with Crippen LogP contribution in [-0.4, -0.2) is 8.80 Å². The normalized spacial score (nSPS) is 20.0. The van der Waals surface area contributed by atoms with Crippen molar-refractivity contribution in [2.75, 3.05) is 0 Å². The zero-order chi connectivity index (χ0) is 21.9. The second kappa shape index (κ2) is 7.30. The molecule has 4 aromatic rings. The average Bonchev–Trinajstić information content (AvgIpc) is 3.45. The predicted octanol–water partition coefficient (Wildman–Crippen LogP) is 7.07.